The van der Waals surface area contributed by atoms with Crippen molar-refractivity contribution in [3.63, 3.8) is 0 Å². The van der Waals surface area contributed by atoms with Gasteiger partial charge in [-0.1, -0.05) is 24.3 Å². The third kappa shape index (κ3) is 8.22. The van der Waals surface area contributed by atoms with E-state index in [4.69, 9.17) is 29.0 Å². The largest absolute Gasteiger partial charge is 0.465 e. The third-order valence-corrected chi connectivity index (χ3v) is 4.59. The van der Waals surface area contributed by atoms with Gasteiger partial charge < -0.3 is 9.47 Å². The van der Waals surface area contributed by atoms with E-state index < -0.39 is 53.7 Å². The van der Waals surface area contributed by atoms with Crippen LogP contribution in [0.3, 0.4) is 0 Å². The fraction of sp³-hybridized carbons (Fsp3) is 0.520. The maximum absolute atomic E-state index is 14.3. The maximum Gasteiger partial charge on any atom is 0.411 e. The zero-order valence-electron chi connectivity index (χ0n) is 21.3. The van der Waals surface area contributed by atoms with Crippen molar-refractivity contribution >= 4 is 0 Å². The summed E-state index contributed by atoms with van der Waals surface area (Å²) in [5.41, 5.74) is -7.67. The number of hydrogen-bond acceptors (Lipinski definition) is 6. The molecule has 6 nitrogen and oxygen atoms in total. The van der Waals surface area contributed by atoms with Crippen LogP contribution in [0, 0.1) is 0 Å². The zero-order valence-corrected chi connectivity index (χ0v) is 21.3. The second kappa shape index (κ2) is 11.5. The Balaban J connectivity index is 2.31. The average Bonchev–Trinajstić information content (AvgIpc) is 2.73. The maximum atomic E-state index is 14.3. The van der Waals surface area contributed by atoms with Crippen LogP contribution < -0.4 is 9.47 Å². The van der Waals surface area contributed by atoms with Crippen molar-refractivity contribution in [3.05, 3.63) is 59.7 Å². The van der Waals surface area contributed by atoms with Crippen LogP contribution in [0.15, 0.2) is 48.5 Å². The highest BCUT2D eigenvalue weighted by atomic mass is 19.4. The SMILES string of the molecule is CC(C)(C)OOCOc1ccc(C(c2ccc(OCOOC(C)(C)C)cc2)(C(F)(F)F)C(F)(F)F)cc1. The van der Waals surface area contributed by atoms with Crippen LogP contribution in [0.4, 0.5) is 26.3 Å². The lowest BCUT2D eigenvalue weighted by Crippen LogP contribution is -2.54. The molecule has 2 aromatic carbocycles. The van der Waals surface area contributed by atoms with Crippen LogP contribution in [0.2, 0.25) is 0 Å². The molecule has 0 saturated heterocycles. The molecule has 0 aliphatic carbocycles. The molecule has 0 radical (unpaired) electrons. The number of alkyl halides is 6. The highest BCUT2D eigenvalue weighted by Gasteiger charge is 2.72. The number of benzene rings is 2. The average molecular weight is 540 g/mol. The van der Waals surface area contributed by atoms with Gasteiger partial charge in [0.15, 0.2) is 0 Å². The van der Waals surface area contributed by atoms with Gasteiger partial charge in [0, 0.05) is 0 Å². The van der Waals surface area contributed by atoms with Gasteiger partial charge in [0.25, 0.3) is 0 Å². The van der Waals surface area contributed by atoms with Gasteiger partial charge in [-0.2, -0.15) is 36.1 Å². The van der Waals surface area contributed by atoms with E-state index in [2.05, 4.69) is 0 Å². The molecule has 0 unspecified atom stereocenters. The molecule has 0 spiro atoms. The Kier molecular flexibility index (Phi) is 9.50. The monoisotopic (exact) mass is 540 g/mol. The molecule has 0 aromatic heterocycles. The van der Waals surface area contributed by atoms with E-state index >= 15 is 0 Å². The summed E-state index contributed by atoms with van der Waals surface area (Å²) in [6.45, 7) is 9.42. The molecule has 37 heavy (non-hydrogen) atoms. The van der Waals surface area contributed by atoms with Crippen molar-refractivity contribution in [2.24, 2.45) is 0 Å². The molecule has 0 amide bonds. The standard InChI is InChI=1S/C25H30F6O6/c1-21(2,3)36-34-15-32-19-11-7-17(8-12-19)23(24(26,27)28,25(29,30)31)18-9-13-20(14-10-18)33-16-35-37-22(4,5)6/h7-14H,15-16H2,1-6H3. The Morgan fingerprint density at radius 3 is 1.05 bits per heavy atom. The van der Waals surface area contributed by atoms with E-state index in [1.165, 1.54) is 0 Å². The van der Waals surface area contributed by atoms with E-state index in [9.17, 15) is 26.3 Å². The highest BCUT2D eigenvalue weighted by Crippen LogP contribution is 2.56. The third-order valence-electron chi connectivity index (χ3n) is 4.59. The fourth-order valence-electron chi connectivity index (χ4n) is 3.17. The van der Waals surface area contributed by atoms with Crippen molar-refractivity contribution in [2.75, 3.05) is 13.6 Å². The van der Waals surface area contributed by atoms with E-state index in [0.29, 0.717) is 24.3 Å². The van der Waals surface area contributed by atoms with Crippen LogP contribution in [-0.2, 0) is 25.0 Å². The first-order chi connectivity index (χ1) is 16.9. The molecular weight excluding hydrogens is 510 g/mol. The van der Waals surface area contributed by atoms with Crippen molar-refractivity contribution in [1.82, 2.24) is 0 Å². The first-order valence-electron chi connectivity index (χ1n) is 11.1. The summed E-state index contributed by atoms with van der Waals surface area (Å²) >= 11 is 0. The lowest BCUT2D eigenvalue weighted by atomic mass is 9.73. The Hall–Kier alpha value is -2.54. The number of hydrogen-bond donors (Lipinski definition) is 0. The van der Waals surface area contributed by atoms with Gasteiger partial charge in [-0.15, -0.1) is 0 Å². The number of rotatable bonds is 10. The topological polar surface area (TPSA) is 55.4 Å². The second-order valence-corrected chi connectivity index (χ2v) is 9.95. The van der Waals surface area contributed by atoms with Crippen LogP contribution in [0.1, 0.15) is 52.7 Å². The van der Waals surface area contributed by atoms with Gasteiger partial charge >= 0.3 is 12.4 Å². The van der Waals surface area contributed by atoms with E-state index in [1.54, 1.807) is 41.5 Å². The van der Waals surface area contributed by atoms with Crippen LogP contribution in [0.25, 0.3) is 0 Å². The molecule has 0 bridgehead atoms. The predicted octanol–water partition coefficient (Wildman–Crippen LogP) is 7.26. The Labute approximate surface area is 211 Å². The van der Waals surface area contributed by atoms with Crippen molar-refractivity contribution in [2.45, 2.75) is 70.5 Å². The first kappa shape index (κ1) is 30.7. The first-order valence-corrected chi connectivity index (χ1v) is 11.1. The smallest absolute Gasteiger partial charge is 0.411 e. The van der Waals surface area contributed by atoms with Gasteiger partial charge in [0.05, 0.1) is 11.2 Å². The molecule has 2 rings (SSSR count). The van der Waals surface area contributed by atoms with Gasteiger partial charge in [-0.05, 0) is 76.9 Å². The quantitative estimate of drug-likeness (QED) is 0.104. The Morgan fingerprint density at radius 1 is 0.514 bits per heavy atom. The van der Waals surface area contributed by atoms with Crippen LogP contribution >= 0.6 is 0 Å². The van der Waals surface area contributed by atoms with E-state index in [1.807, 2.05) is 0 Å². The minimum atomic E-state index is -5.73. The summed E-state index contributed by atoms with van der Waals surface area (Å²) in [5.74, 6) is -0.0264. The summed E-state index contributed by atoms with van der Waals surface area (Å²) in [5, 5.41) is 0. The van der Waals surface area contributed by atoms with Crippen molar-refractivity contribution in [1.29, 1.82) is 0 Å². The van der Waals surface area contributed by atoms with Crippen molar-refractivity contribution < 1.29 is 55.4 Å². The predicted molar refractivity (Wildman–Crippen MR) is 121 cm³/mol. The fourth-order valence-corrected chi connectivity index (χ4v) is 3.17. The second-order valence-electron chi connectivity index (χ2n) is 9.95. The summed E-state index contributed by atoms with van der Waals surface area (Å²) in [6, 6.07) is 6.81. The highest BCUT2D eigenvalue weighted by molar-refractivity contribution is 5.47. The lowest BCUT2D eigenvalue weighted by Gasteiger charge is -2.38. The summed E-state index contributed by atoms with van der Waals surface area (Å²) in [6.07, 6.45) is -11.5. The molecule has 0 N–H and O–H groups in total. The molecule has 12 heteroatoms. The molecule has 208 valence electrons. The van der Waals surface area contributed by atoms with E-state index in [-0.39, 0.29) is 11.5 Å². The van der Waals surface area contributed by atoms with Gasteiger partial charge in [0.2, 0.25) is 19.0 Å². The molecule has 0 aliphatic heterocycles. The van der Waals surface area contributed by atoms with Crippen LogP contribution in [-0.4, -0.2) is 37.1 Å². The molecule has 0 fully saturated rings. The van der Waals surface area contributed by atoms with Crippen molar-refractivity contribution in [3.8, 4) is 11.5 Å². The summed E-state index contributed by atoms with van der Waals surface area (Å²) < 4.78 is 96.2. The van der Waals surface area contributed by atoms with Gasteiger partial charge in [-0.25, -0.2) is 9.78 Å². The molecule has 0 aliphatic rings. The van der Waals surface area contributed by atoms with Gasteiger partial charge in [0.1, 0.15) is 11.5 Å². The minimum Gasteiger partial charge on any atom is -0.465 e. The molecular formula is C25H30F6O6. The van der Waals surface area contributed by atoms with Crippen LogP contribution in [0.5, 0.6) is 11.5 Å². The summed E-state index contributed by atoms with van der Waals surface area (Å²) in [7, 11) is 0. The number of halogens is 6. The minimum absolute atomic E-state index is 0.0132. The summed E-state index contributed by atoms with van der Waals surface area (Å²) in [4.78, 5) is 19.6. The number of ether oxygens (including phenoxy) is 2. The van der Waals surface area contributed by atoms with Gasteiger partial charge in [-0.3, -0.25) is 0 Å². The normalized spacial score (nSPS) is 13.5. The molecule has 2 aromatic rings. The van der Waals surface area contributed by atoms with E-state index in [0.717, 1.165) is 24.3 Å². The Bertz CT molecular complexity index is 892. The zero-order chi connectivity index (χ0) is 28.1. The Morgan fingerprint density at radius 2 is 0.811 bits per heavy atom. The molecule has 0 atom stereocenters. The molecule has 0 saturated carbocycles. The molecule has 0 heterocycles. The lowest BCUT2D eigenvalue weighted by molar-refractivity contribution is -0.370.